The van der Waals surface area contributed by atoms with Gasteiger partial charge in [-0.25, -0.2) is 4.98 Å². The van der Waals surface area contributed by atoms with E-state index in [1.807, 2.05) is 0 Å². The molecule has 4 N–H and O–H groups in total. The first-order valence-corrected chi connectivity index (χ1v) is 13.2. The Morgan fingerprint density at radius 3 is 2.44 bits per heavy atom. The van der Waals surface area contributed by atoms with Crippen LogP contribution >= 0.6 is 11.6 Å². The van der Waals surface area contributed by atoms with Crippen molar-refractivity contribution in [2.45, 2.75) is 69.2 Å². The van der Waals surface area contributed by atoms with Crippen LogP contribution in [0.5, 0.6) is 0 Å². The molecule has 2 aromatic heterocycles. The van der Waals surface area contributed by atoms with E-state index in [4.69, 9.17) is 17.3 Å². The van der Waals surface area contributed by atoms with E-state index < -0.39 is 17.8 Å². The Morgan fingerprint density at radius 1 is 1.10 bits per heavy atom. The molecule has 2 saturated carbocycles. The standard InChI is InChI=1S/C26H29ClF3N7O2/c1-36-21(19-13-37(17-3-2-4-17)35-22(19)26(28,29)30)12-32-23(36)25(39)34-16-9-10-18(20(27)11-16)24(38)33-15-7-5-14(31)6-8-15/h9-15,17H,2-8,31H2,1H3,(H,33,38)(H,34,39). The molecule has 0 aliphatic heterocycles. The fourth-order valence-corrected chi connectivity index (χ4v) is 5.25. The second-order valence-corrected chi connectivity index (χ2v) is 10.6. The molecule has 0 bridgehead atoms. The Bertz CT molecular complexity index is 1390. The Morgan fingerprint density at radius 2 is 1.82 bits per heavy atom. The van der Waals surface area contributed by atoms with E-state index in [0.29, 0.717) is 5.69 Å². The lowest BCUT2D eigenvalue weighted by atomic mass is 9.91. The van der Waals surface area contributed by atoms with Crippen LogP contribution in [0.1, 0.15) is 77.7 Å². The van der Waals surface area contributed by atoms with Gasteiger partial charge in [-0.05, 0) is 63.1 Å². The van der Waals surface area contributed by atoms with Gasteiger partial charge in [0.15, 0.2) is 11.5 Å². The molecule has 0 unspecified atom stereocenters. The minimum Gasteiger partial charge on any atom is -0.349 e. The Balaban J connectivity index is 1.31. The molecule has 0 saturated heterocycles. The van der Waals surface area contributed by atoms with Gasteiger partial charge in [-0.3, -0.25) is 14.3 Å². The summed E-state index contributed by atoms with van der Waals surface area (Å²) in [4.78, 5) is 29.8. The lowest BCUT2D eigenvalue weighted by Crippen LogP contribution is -2.40. The van der Waals surface area contributed by atoms with Crippen molar-refractivity contribution in [2.75, 3.05) is 5.32 Å². The third-order valence-corrected chi connectivity index (χ3v) is 7.81. The molecule has 2 aliphatic carbocycles. The number of carbonyl (C=O) groups excluding carboxylic acids is 2. The number of amides is 2. The predicted molar refractivity (Wildman–Crippen MR) is 139 cm³/mol. The van der Waals surface area contributed by atoms with Gasteiger partial charge in [0.25, 0.3) is 11.8 Å². The zero-order chi connectivity index (χ0) is 27.9. The van der Waals surface area contributed by atoms with E-state index in [0.717, 1.165) is 44.9 Å². The van der Waals surface area contributed by atoms with Crippen LogP contribution in [0.4, 0.5) is 18.9 Å². The molecule has 39 heavy (non-hydrogen) atoms. The Hall–Kier alpha value is -3.38. The lowest BCUT2D eigenvalue weighted by Gasteiger charge is -2.27. The molecule has 2 fully saturated rings. The van der Waals surface area contributed by atoms with Crippen LogP contribution in [0.15, 0.2) is 30.6 Å². The number of nitrogens with one attached hydrogen (secondary N) is 2. The molecule has 2 amide bonds. The highest BCUT2D eigenvalue weighted by Gasteiger charge is 2.39. The quantitative estimate of drug-likeness (QED) is 0.393. The van der Waals surface area contributed by atoms with Gasteiger partial charge in [0.2, 0.25) is 0 Å². The third kappa shape index (κ3) is 5.67. The molecular weight excluding hydrogens is 535 g/mol. The first kappa shape index (κ1) is 27.2. The van der Waals surface area contributed by atoms with Crippen LogP contribution in [-0.2, 0) is 13.2 Å². The van der Waals surface area contributed by atoms with Gasteiger partial charge in [0.1, 0.15) is 0 Å². The fourth-order valence-electron chi connectivity index (χ4n) is 4.99. The summed E-state index contributed by atoms with van der Waals surface area (Å²) in [5.41, 5.74) is 5.47. The molecule has 5 rings (SSSR count). The number of nitrogens with two attached hydrogens (primary N) is 1. The van der Waals surface area contributed by atoms with Gasteiger partial charge in [-0.1, -0.05) is 11.6 Å². The zero-order valence-corrected chi connectivity index (χ0v) is 22.0. The van der Waals surface area contributed by atoms with Crippen molar-refractivity contribution in [3.63, 3.8) is 0 Å². The number of hydrogen-bond donors (Lipinski definition) is 3. The zero-order valence-electron chi connectivity index (χ0n) is 21.3. The largest absolute Gasteiger partial charge is 0.435 e. The maximum atomic E-state index is 13.8. The van der Waals surface area contributed by atoms with Crippen molar-refractivity contribution < 1.29 is 22.8 Å². The number of aromatic nitrogens is 4. The lowest BCUT2D eigenvalue weighted by molar-refractivity contribution is -0.141. The number of nitrogens with zero attached hydrogens (tertiary/aromatic N) is 4. The maximum absolute atomic E-state index is 13.8. The van der Waals surface area contributed by atoms with E-state index in [1.165, 1.54) is 46.9 Å². The monoisotopic (exact) mass is 563 g/mol. The summed E-state index contributed by atoms with van der Waals surface area (Å²) in [6.45, 7) is 0. The molecule has 13 heteroatoms. The highest BCUT2D eigenvalue weighted by molar-refractivity contribution is 6.34. The highest BCUT2D eigenvalue weighted by atomic mass is 35.5. The molecule has 2 aliphatic rings. The van der Waals surface area contributed by atoms with Gasteiger partial charge < -0.3 is 20.9 Å². The molecule has 1 aromatic carbocycles. The topological polar surface area (TPSA) is 120 Å². The minimum atomic E-state index is -4.66. The normalized spacial score (nSPS) is 19.9. The number of benzene rings is 1. The molecule has 3 aromatic rings. The van der Waals surface area contributed by atoms with Crippen molar-refractivity contribution in [1.29, 1.82) is 0 Å². The summed E-state index contributed by atoms with van der Waals surface area (Å²) >= 11 is 6.35. The Labute approximate surface area is 227 Å². The van der Waals surface area contributed by atoms with Crippen LogP contribution in [-0.4, -0.2) is 43.2 Å². The van der Waals surface area contributed by atoms with Gasteiger partial charge in [-0.2, -0.15) is 18.3 Å². The highest BCUT2D eigenvalue weighted by Crippen LogP contribution is 2.39. The predicted octanol–water partition coefficient (Wildman–Crippen LogP) is 4.93. The van der Waals surface area contributed by atoms with E-state index in [1.54, 1.807) is 0 Å². The first-order chi connectivity index (χ1) is 18.5. The van der Waals surface area contributed by atoms with Crippen molar-refractivity contribution >= 4 is 29.1 Å². The van der Waals surface area contributed by atoms with E-state index in [2.05, 4.69) is 20.7 Å². The van der Waals surface area contributed by atoms with Crippen LogP contribution in [0, 0.1) is 0 Å². The second kappa shape index (κ2) is 10.6. The van der Waals surface area contributed by atoms with Crippen LogP contribution in [0.3, 0.4) is 0 Å². The van der Waals surface area contributed by atoms with Gasteiger partial charge in [0, 0.05) is 31.0 Å². The van der Waals surface area contributed by atoms with Crippen molar-refractivity contribution in [1.82, 2.24) is 24.6 Å². The molecule has 0 radical (unpaired) electrons. The average Bonchev–Trinajstić information content (AvgIpc) is 3.43. The van der Waals surface area contributed by atoms with Gasteiger partial charge in [-0.15, -0.1) is 0 Å². The van der Waals surface area contributed by atoms with E-state index in [9.17, 15) is 22.8 Å². The van der Waals surface area contributed by atoms with E-state index >= 15 is 0 Å². The Kier molecular flexibility index (Phi) is 7.43. The number of hydrogen-bond acceptors (Lipinski definition) is 5. The molecule has 208 valence electrons. The summed E-state index contributed by atoms with van der Waals surface area (Å²) in [5.74, 6) is -1.05. The van der Waals surface area contributed by atoms with Gasteiger partial charge >= 0.3 is 6.18 Å². The molecule has 9 nitrogen and oxygen atoms in total. The summed E-state index contributed by atoms with van der Waals surface area (Å²) in [6, 6.07) is 4.62. The first-order valence-electron chi connectivity index (χ1n) is 12.9. The van der Waals surface area contributed by atoms with Crippen molar-refractivity contribution in [3.05, 3.63) is 52.7 Å². The van der Waals surface area contributed by atoms with E-state index in [-0.39, 0.29) is 51.7 Å². The van der Waals surface area contributed by atoms with Crippen LogP contribution in [0.25, 0.3) is 11.3 Å². The molecule has 0 atom stereocenters. The number of alkyl halides is 3. The van der Waals surface area contributed by atoms with Crippen LogP contribution < -0.4 is 16.4 Å². The summed E-state index contributed by atoms with van der Waals surface area (Å²) in [5, 5.41) is 9.58. The third-order valence-electron chi connectivity index (χ3n) is 7.50. The summed E-state index contributed by atoms with van der Waals surface area (Å²) in [6.07, 6.45) is 3.73. The maximum Gasteiger partial charge on any atom is 0.435 e. The number of anilines is 1. The number of imidazole rings is 1. The molecular formula is C26H29ClF3N7O2. The second-order valence-electron chi connectivity index (χ2n) is 10.2. The number of carbonyl (C=O) groups is 2. The van der Waals surface area contributed by atoms with Crippen LogP contribution in [0.2, 0.25) is 5.02 Å². The molecule has 2 heterocycles. The number of halogens is 4. The fraction of sp³-hybridized carbons (Fsp3) is 0.462. The smallest absolute Gasteiger partial charge is 0.349 e. The summed E-state index contributed by atoms with van der Waals surface area (Å²) < 4.78 is 43.9. The van der Waals surface area contributed by atoms with Gasteiger partial charge in [0.05, 0.1) is 34.1 Å². The molecule has 0 spiro atoms. The SMILES string of the molecule is Cn1c(-c2cn(C3CCC3)nc2C(F)(F)F)cnc1C(=O)Nc1ccc(C(=O)NC2CCC(N)CC2)c(Cl)c1. The number of rotatable bonds is 6. The van der Waals surface area contributed by atoms with Crippen molar-refractivity contribution in [3.8, 4) is 11.3 Å². The average molecular weight is 564 g/mol. The van der Waals surface area contributed by atoms with Crippen molar-refractivity contribution in [2.24, 2.45) is 12.8 Å². The summed E-state index contributed by atoms with van der Waals surface area (Å²) in [7, 11) is 1.47. The minimum absolute atomic E-state index is 0.0315.